The van der Waals surface area contributed by atoms with Crippen LogP contribution in [0.2, 0.25) is 0 Å². The van der Waals surface area contributed by atoms with Gasteiger partial charge in [-0.3, -0.25) is 4.90 Å². The highest BCUT2D eigenvalue weighted by atomic mass is 16.7. The van der Waals surface area contributed by atoms with Gasteiger partial charge >= 0.3 is 0 Å². The van der Waals surface area contributed by atoms with Crippen LogP contribution in [-0.4, -0.2) is 38.6 Å². The van der Waals surface area contributed by atoms with E-state index in [1.54, 1.807) is 7.11 Å². The molecule has 0 saturated carbocycles. The van der Waals surface area contributed by atoms with Crippen molar-refractivity contribution < 1.29 is 9.47 Å². The van der Waals surface area contributed by atoms with Crippen molar-refractivity contribution in [3.05, 3.63) is 0 Å². The van der Waals surface area contributed by atoms with E-state index in [2.05, 4.69) is 4.90 Å². The molecule has 0 amide bonds. The number of likely N-dealkylation sites (tertiary alicyclic amines) is 1. The summed E-state index contributed by atoms with van der Waals surface area (Å²) in [4.78, 5) is 2.32. The highest BCUT2D eigenvalue weighted by molar-refractivity contribution is 4.60. The SMILES string of the molecule is COCOCN1CCCCC1. The highest BCUT2D eigenvalue weighted by Crippen LogP contribution is 2.07. The number of methoxy groups -OCH3 is 1. The van der Waals surface area contributed by atoms with Gasteiger partial charge in [0.25, 0.3) is 0 Å². The predicted molar refractivity (Wildman–Crippen MR) is 43.3 cm³/mol. The van der Waals surface area contributed by atoms with Crippen molar-refractivity contribution in [1.82, 2.24) is 4.90 Å². The van der Waals surface area contributed by atoms with Crippen LogP contribution in [0, 0.1) is 0 Å². The minimum atomic E-state index is 0.413. The van der Waals surface area contributed by atoms with Gasteiger partial charge in [-0.15, -0.1) is 0 Å². The summed E-state index contributed by atoms with van der Waals surface area (Å²) in [5.41, 5.74) is 0. The summed E-state index contributed by atoms with van der Waals surface area (Å²) in [6.07, 6.45) is 4.01. The maximum absolute atomic E-state index is 5.23. The zero-order valence-corrected chi connectivity index (χ0v) is 7.21. The number of hydrogen-bond donors (Lipinski definition) is 0. The van der Waals surface area contributed by atoms with Crippen LogP contribution in [0.4, 0.5) is 0 Å². The maximum Gasteiger partial charge on any atom is 0.148 e. The molecule has 11 heavy (non-hydrogen) atoms. The molecule has 0 atom stereocenters. The number of piperidine rings is 1. The van der Waals surface area contributed by atoms with Crippen LogP contribution in [0.25, 0.3) is 0 Å². The number of hydrogen-bond acceptors (Lipinski definition) is 3. The van der Waals surface area contributed by atoms with Gasteiger partial charge in [-0.05, 0) is 12.8 Å². The molecule has 0 aromatic carbocycles. The van der Waals surface area contributed by atoms with Crippen molar-refractivity contribution in [3.63, 3.8) is 0 Å². The van der Waals surface area contributed by atoms with Gasteiger partial charge in [0.2, 0.25) is 0 Å². The predicted octanol–water partition coefficient (Wildman–Crippen LogP) is 1.05. The first-order valence-corrected chi connectivity index (χ1v) is 4.22. The Bertz CT molecular complexity index is 92.1. The third kappa shape index (κ3) is 3.70. The van der Waals surface area contributed by atoms with Gasteiger partial charge in [-0.1, -0.05) is 6.42 Å². The first kappa shape index (κ1) is 8.97. The standard InChI is InChI=1S/C8H17NO2/c1-10-8-11-7-9-5-3-2-4-6-9/h2-8H2,1H3. The van der Waals surface area contributed by atoms with E-state index >= 15 is 0 Å². The Labute approximate surface area is 68.3 Å². The molecular weight excluding hydrogens is 142 g/mol. The van der Waals surface area contributed by atoms with Crippen LogP contribution >= 0.6 is 0 Å². The molecular formula is C8H17NO2. The Morgan fingerprint density at radius 3 is 2.55 bits per heavy atom. The fraction of sp³-hybridized carbons (Fsp3) is 1.00. The molecule has 1 aliphatic heterocycles. The van der Waals surface area contributed by atoms with E-state index in [9.17, 15) is 0 Å². The second-order valence-corrected chi connectivity index (χ2v) is 2.92. The first-order chi connectivity index (χ1) is 5.43. The van der Waals surface area contributed by atoms with Crippen LogP contribution in [0.5, 0.6) is 0 Å². The Morgan fingerprint density at radius 1 is 1.18 bits per heavy atom. The van der Waals surface area contributed by atoms with Crippen LogP contribution in [-0.2, 0) is 9.47 Å². The molecule has 0 spiro atoms. The summed E-state index contributed by atoms with van der Waals surface area (Å²) >= 11 is 0. The third-order valence-electron chi connectivity index (χ3n) is 1.92. The van der Waals surface area contributed by atoms with Gasteiger partial charge in [0.05, 0.1) is 0 Å². The summed E-state index contributed by atoms with van der Waals surface area (Å²) in [6, 6.07) is 0. The number of ether oxygens (including phenoxy) is 2. The van der Waals surface area contributed by atoms with E-state index < -0.39 is 0 Å². The molecule has 0 aromatic rings. The summed E-state index contributed by atoms with van der Waals surface area (Å²) in [6.45, 7) is 3.51. The van der Waals surface area contributed by atoms with Crippen molar-refractivity contribution in [3.8, 4) is 0 Å². The Hall–Kier alpha value is -0.120. The lowest BCUT2D eigenvalue weighted by Crippen LogP contribution is -2.32. The van der Waals surface area contributed by atoms with Gasteiger partial charge in [0.15, 0.2) is 0 Å². The second-order valence-electron chi connectivity index (χ2n) is 2.92. The minimum Gasteiger partial charge on any atom is -0.359 e. The summed E-state index contributed by atoms with van der Waals surface area (Å²) in [5.74, 6) is 0. The van der Waals surface area contributed by atoms with E-state index in [4.69, 9.17) is 9.47 Å². The fourth-order valence-electron chi connectivity index (χ4n) is 1.34. The van der Waals surface area contributed by atoms with Crippen LogP contribution in [0.3, 0.4) is 0 Å². The highest BCUT2D eigenvalue weighted by Gasteiger charge is 2.08. The summed E-state index contributed by atoms with van der Waals surface area (Å²) in [7, 11) is 1.65. The molecule has 0 N–H and O–H groups in total. The molecule has 0 aromatic heterocycles. The fourth-order valence-corrected chi connectivity index (χ4v) is 1.34. The van der Waals surface area contributed by atoms with Crippen molar-refractivity contribution in [1.29, 1.82) is 0 Å². The molecule has 1 saturated heterocycles. The lowest BCUT2D eigenvalue weighted by molar-refractivity contribution is -0.0767. The molecule has 1 heterocycles. The van der Waals surface area contributed by atoms with Gasteiger partial charge in [0, 0.05) is 20.2 Å². The maximum atomic E-state index is 5.23. The topological polar surface area (TPSA) is 21.7 Å². The molecule has 3 heteroatoms. The van der Waals surface area contributed by atoms with Gasteiger partial charge < -0.3 is 9.47 Å². The molecule has 3 nitrogen and oxygen atoms in total. The van der Waals surface area contributed by atoms with Crippen molar-refractivity contribution in [2.45, 2.75) is 19.3 Å². The van der Waals surface area contributed by atoms with Gasteiger partial charge in [-0.2, -0.15) is 0 Å². The molecule has 0 unspecified atom stereocenters. The monoisotopic (exact) mass is 159 g/mol. The Kier molecular flexibility index (Phi) is 4.50. The number of nitrogens with zero attached hydrogens (tertiary/aromatic N) is 1. The van der Waals surface area contributed by atoms with E-state index in [1.165, 1.54) is 32.4 Å². The second kappa shape index (κ2) is 5.52. The Balaban J connectivity index is 1.96. The lowest BCUT2D eigenvalue weighted by atomic mass is 10.1. The lowest BCUT2D eigenvalue weighted by Gasteiger charge is -2.25. The van der Waals surface area contributed by atoms with Gasteiger partial charge in [0.1, 0.15) is 13.5 Å². The largest absolute Gasteiger partial charge is 0.359 e. The normalized spacial score (nSPS) is 20.5. The average Bonchev–Trinajstić information content (AvgIpc) is 2.07. The van der Waals surface area contributed by atoms with Crippen LogP contribution in [0.15, 0.2) is 0 Å². The van der Waals surface area contributed by atoms with Crippen molar-refractivity contribution in [2.24, 2.45) is 0 Å². The zero-order chi connectivity index (χ0) is 7.94. The van der Waals surface area contributed by atoms with E-state index in [-0.39, 0.29) is 0 Å². The first-order valence-electron chi connectivity index (χ1n) is 4.22. The summed E-state index contributed by atoms with van der Waals surface area (Å²) < 4.78 is 10.0. The molecule has 0 bridgehead atoms. The van der Waals surface area contributed by atoms with E-state index in [0.29, 0.717) is 6.79 Å². The smallest absolute Gasteiger partial charge is 0.148 e. The molecule has 66 valence electrons. The quantitative estimate of drug-likeness (QED) is 0.452. The van der Waals surface area contributed by atoms with E-state index in [1.807, 2.05) is 0 Å². The van der Waals surface area contributed by atoms with Crippen molar-refractivity contribution >= 4 is 0 Å². The molecule has 0 aliphatic carbocycles. The van der Waals surface area contributed by atoms with E-state index in [0.717, 1.165) is 6.73 Å². The average molecular weight is 159 g/mol. The van der Waals surface area contributed by atoms with Crippen LogP contribution < -0.4 is 0 Å². The third-order valence-corrected chi connectivity index (χ3v) is 1.92. The van der Waals surface area contributed by atoms with Crippen LogP contribution in [0.1, 0.15) is 19.3 Å². The Morgan fingerprint density at radius 2 is 1.91 bits per heavy atom. The zero-order valence-electron chi connectivity index (χ0n) is 7.21. The van der Waals surface area contributed by atoms with Gasteiger partial charge in [-0.25, -0.2) is 0 Å². The molecule has 1 aliphatic rings. The molecule has 0 radical (unpaired) electrons. The number of rotatable bonds is 4. The minimum absolute atomic E-state index is 0.413. The molecule has 1 rings (SSSR count). The summed E-state index contributed by atoms with van der Waals surface area (Å²) in [5, 5.41) is 0. The molecule has 1 fully saturated rings. The van der Waals surface area contributed by atoms with Crippen molar-refractivity contribution in [2.75, 3.05) is 33.7 Å².